The highest BCUT2D eigenvalue weighted by molar-refractivity contribution is 9.10. The summed E-state index contributed by atoms with van der Waals surface area (Å²) in [6, 6.07) is 10.5. The summed E-state index contributed by atoms with van der Waals surface area (Å²) in [4.78, 5) is 18.6. The molecule has 0 saturated heterocycles. The minimum atomic E-state index is -0.581. The van der Waals surface area contributed by atoms with E-state index in [0.717, 1.165) is 47.2 Å². The predicted octanol–water partition coefficient (Wildman–Crippen LogP) is 4.90. The van der Waals surface area contributed by atoms with Gasteiger partial charge < -0.3 is 14.9 Å². The van der Waals surface area contributed by atoms with Crippen molar-refractivity contribution in [3.63, 3.8) is 0 Å². The Kier molecular flexibility index (Phi) is 8.10. The number of benzene rings is 2. The summed E-state index contributed by atoms with van der Waals surface area (Å²) >= 11 is 3.16. The molecular formula is C26H28BrFN4O3. The van der Waals surface area contributed by atoms with Crippen molar-refractivity contribution in [2.24, 2.45) is 5.90 Å². The summed E-state index contributed by atoms with van der Waals surface area (Å²) in [5.41, 5.74) is 5.20. The first-order valence-electron chi connectivity index (χ1n) is 11.6. The highest BCUT2D eigenvalue weighted by Crippen LogP contribution is 2.33. The van der Waals surface area contributed by atoms with Crippen LogP contribution in [0.3, 0.4) is 0 Å². The van der Waals surface area contributed by atoms with Crippen molar-refractivity contribution in [3.05, 3.63) is 80.2 Å². The lowest BCUT2D eigenvalue weighted by Crippen LogP contribution is -2.41. The molecule has 0 bridgehead atoms. The van der Waals surface area contributed by atoms with Crippen LogP contribution in [0.5, 0.6) is 11.6 Å². The van der Waals surface area contributed by atoms with E-state index in [1.165, 1.54) is 6.07 Å². The molecule has 0 unspecified atom stereocenters. The van der Waals surface area contributed by atoms with Crippen LogP contribution in [0, 0.1) is 19.7 Å². The molecule has 1 atom stereocenters. The maximum absolute atomic E-state index is 14.6. The van der Waals surface area contributed by atoms with E-state index in [-0.39, 0.29) is 34.2 Å². The average molecular weight is 543 g/mol. The standard InChI is InChI=1S/C26H28BrFN4O3/c1-15-10-11-17(16(2)12-15)13-18(14-34-29)30-25(33)23-19-6-3-4-8-21(19)31-32-26(23)35-22-9-5-7-20(27)24(22)28/h5,7,9-12,18H,3-4,6,8,13-14,29H2,1-2H3,(H,30,33)/t18-/m1/s1. The summed E-state index contributed by atoms with van der Waals surface area (Å²) < 4.78 is 20.7. The fourth-order valence-corrected chi connectivity index (χ4v) is 4.74. The molecule has 1 heterocycles. The molecular weight excluding hydrogens is 515 g/mol. The Morgan fingerprint density at radius 1 is 1.20 bits per heavy atom. The molecule has 0 aliphatic heterocycles. The summed E-state index contributed by atoms with van der Waals surface area (Å²) in [5.74, 6) is 4.35. The van der Waals surface area contributed by atoms with Crippen LogP contribution < -0.4 is 16.0 Å². The molecule has 184 valence electrons. The number of nitrogens with zero attached hydrogens (tertiary/aromatic N) is 2. The molecule has 7 nitrogen and oxygen atoms in total. The average Bonchev–Trinajstić information content (AvgIpc) is 2.83. The van der Waals surface area contributed by atoms with Crippen LogP contribution in [0.15, 0.2) is 40.9 Å². The third-order valence-electron chi connectivity index (χ3n) is 6.16. The fraction of sp³-hybridized carbons (Fsp3) is 0.346. The van der Waals surface area contributed by atoms with Gasteiger partial charge in [0.1, 0.15) is 5.56 Å². The van der Waals surface area contributed by atoms with E-state index in [2.05, 4.69) is 37.5 Å². The van der Waals surface area contributed by atoms with Crippen LogP contribution in [0.1, 0.15) is 51.1 Å². The Hall–Kier alpha value is -2.88. The first-order chi connectivity index (χ1) is 16.9. The maximum Gasteiger partial charge on any atom is 0.257 e. The van der Waals surface area contributed by atoms with E-state index in [9.17, 15) is 9.18 Å². The molecule has 1 aromatic heterocycles. The van der Waals surface area contributed by atoms with Crippen LogP contribution in [0.2, 0.25) is 0 Å². The minimum Gasteiger partial charge on any atom is -0.434 e. The van der Waals surface area contributed by atoms with Gasteiger partial charge in [-0.05, 0) is 90.7 Å². The van der Waals surface area contributed by atoms with E-state index in [1.54, 1.807) is 12.1 Å². The van der Waals surface area contributed by atoms with E-state index in [0.29, 0.717) is 12.8 Å². The molecule has 3 aromatic rings. The van der Waals surface area contributed by atoms with Gasteiger partial charge in [-0.3, -0.25) is 4.79 Å². The van der Waals surface area contributed by atoms with Crippen LogP contribution in [0.25, 0.3) is 0 Å². The molecule has 1 aliphatic rings. The third kappa shape index (κ3) is 5.86. The van der Waals surface area contributed by atoms with Crippen LogP contribution >= 0.6 is 15.9 Å². The number of nitrogens with two attached hydrogens (primary N) is 1. The summed E-state index contributed by atoms with van der Waals surface area (Å²) in [5, 5.41) is 11.5. The number of carbonyl (C=O) groups excluding carboxylic acids is 1. The number of fused-ring (bicyclic) bond motifs is 1. The number of amides is 1. The summed E-state index contributed by atoms with van der Waals surface area (Å²) in [6.45, 7) is 4.19. The van der Waals surface area contributed by atoms with Gasteiger partial charge >= 0.3 is 0 Å². The Morgan fingerprint density at radius 3 is 2.77 bits per heavy atom. The number of ether oxygens (including phenoxy) is 1. The van der Waals surface area contributed by atoms with E-state index >= 15 is 0 Å². The van der Waals surface area contributed by atoms with Gasteiger partial charge in [0.05, 0.1) is 22.8 Å². The van der Waals surface area contributed by atoms with Gasteiger partial charge in [-0.25, -0.2) is 10.3 Å². The van der Waals surface area contributed by atoms with E-state index in [4.69, 9.17) is 15.5 Å². The number of hydrogen-bond acceptors (Lipinski definition) is 6. The maximum atomic E-state index is 14.6. The molecule has 1 aliphatic carbocycles. The number of aryl methyl sites for hydroxylation is 3. The Morgan fingerprint density at radius 2 is 2.00 bits per heavy atom. The third-order valence-corrected chi connectivity index (χ3v) is 6.78. The molecule has 35 heavy (non-hydrogen) atoms. The Balaban J connectivity index is 1.66. The molecule has 4 rings (SSSR count). The number of halogens is 2. The lowest BCUT2D eigenvalue weighted by Gasteiger charge is -2.23. The SMILES string of the molecule is Cc1ccc(C[C@H](CON)NC(=O)c2c(Oc3cccc(Br)c3F)nnc3c2CCCC3)c(C)c1. The lowest BCUT2D eigenvalue weighted by molar-refractivity contribution is 0.0835. The van der Waals surface area contributed by atoms with Crippen LogP contribution in [0.4, 0.5) is 4.39 Å². The van der Waals surface area contributed by atoms with Crippen molar-refractivity contribution in [1.82, 2.24) is 15.5 Å². The number of nitrogens with one attached hydrogen (secondary N) is 1. The van der Waals surface area contributed by atoms with Gasteiger partial charge in [-0.15, -0.1) is 5.10 Å². The molecule has 0 radical (unpaired) electrons. The molecule has 2 aromatic carbocycles. The number of carbonyl (C=O) groups is 1. The smallest absolute Gasteiger partial charge is 0.257 e. The van der Waals surface area contributed by atoms with E-state index < -0.39 is 11.9 Å². The molecule has 0 spiro atoms. The van der Waals surface area contributed by atoms with Crippen molar-refractivity contribution < 1.29 is 18.8 Å². The second-order valence-corrected chi connectivity index (χ2v) is 9.66. The fourth-order valence-electron chi connectivity index (χ4n) is 4.39. The zero-order chi connectivity index (χ0) is 24.9. The minimum absolute atomic E-state index is 0.0286. The monoisotopic (exact) mass is 542 g/mol. The lowest BCUT2D eigenvalue weighted by atomic mass is 9.92. The second kappa shape index (κ2) is 11.2. The largest absolute Gasteiger partial charge is 0.434 e. The highest BCUT2D eigenvalue weighted by Gasteiger charge is 2.28. The quantitative estimate of drug-likeness (QED) is 0.393. The first kappa shape index (κ1) is 25.2. The van der Waals surface area contributed by atoms with Crippen molar-refractivity contribution in [3.8, 4) is 11.6 Å². The Bertz CT molecular complexity index is 1240. The zero-order valence-electron chi connectivity index (χ0n) is 19.7. The zero-order valence-corrected chi connectivity index (χ0v) is 21.3. The van der Waals surface area contributed by atoms with Gasteiger partial charge in [-0.1, -0.05) is 29.8 Å². The topological polar surface area (TPSA) is 99.4 Å². The number of rotatable bonds is 8. The molecule has 0 fully saturated rings. The van der Waals surface area contributed by atoms with Crippen molar-refractivity contribution in [1.29, 1.82) is 0 Å². The molecule has 9 heteroatoms. The second-order valence-electron chi connectivity index (χ2n) is 8.80. The van der Waals surface area contributed by atoms with Crippen LogP contribution in [-0.4, -0.2) is 28.8 Å². The predicted molar refractivity (Wildman–Crippen MR) is 134 cm³/mol. The first-order valence-corrected chi connectivity index (χ1v) is 12.4. The van der Waals surface area contributed by atoms with Crippen molar-refractivity contribution >= 4 is 21.8 Å². The summed E-state index contributed by atoms with van der Waals surface area (Å²) in [6.07, 6.45) is 3.82. The van der Waals surface area contributed by atoms with Crippen molar-refractivity contribution in [2.45, 2.75) is 52.0 Å². The number of aromatic nitrogens is 2. The normalized spacial score (nSPS) is 13.7. The van der Waals surface area contributed by atoms with Crippen molar-refractivity contribution in [2.75, 3.05) is 6.61 Å². The molecule has 1 amide bonds. The van der Waals surface area contributed by atoms with Gasteiger partial charge in [0.2, 0.25) is 0 Å². The summed E-state index contributed by atoms with van der Waals surface area (Å²) in [7, 11) is 0. The highest BCUT2D eigenvalue weighted by atomic mass is 79.9. The van der Waals surface area contributed by atoms with Gasteiger partial charge in [0.15, 0.2) is 11.6 Å². The van der Waals surface area contributed by atoms with Gasteiger partial charge in [0, 0.05) is 0 Å². The molecule has 3 N–H and O–H groups in total. The van der Waals surface area contributed by atoms with Gasteiger partial charge in [0.25, 0.3) is 11.8 Å². The Labute approximate surface area is 212 Å². The molecule has 0 saturated carbocycles. The van der Waals surface area contributed by atoms with E-state index in [1.807, 2.05) is 26.0 Å². The van der Waals surface area contributed by atoms with Crippen LogP contribution in [-0.2, 0) is 24.1 Å². The van der Waals surface area contributed by atoms with Gasteiger partial charge in [-0.2, -0.15) is 5.10 Å². The number of hydrogen-bond donors (Lipinski definition) is 2.